The van der Waals surface area contributed by atoms with Crippen molar-refractivity contribution in [2.24, 2.45) is 0 Å². The van der Waals surface area contributed by atoms with E-state index < -0.39 is 12.1 Å². The molecule has 4 N–H and O–H groups in total. The molecule has 2 aromatic rings. The van der Waals surface area contributed by atoms with Crippen LogP contribution < -0.4 is 11.1 Å². The van der Waals surface area contributed by atoms with E-state index in [2.05, 4.69) is 10.3 Å². The van der Waals surface area contributed by atoms with Gasteiger partial charge in [-0.15, -0.1) is 0 Å². The summed E-state index contributed by atoms with van der Waals surface area (Å²) in [6, 6.07) is 8.70. The van der Waals surface area contributed by atoms with E-state index in [-0.39, 0.29) is 16.7 Å². The number of aliphatic hydroxyl groups is 1. The van der Waals surface area contributed by atoms with E-state index in [9.17, 15) is 9.90 Å². The quantitative estimate of drug-likeness (QED) is 0.788. The summed E-state index contributed by atoms with van der Waals surface area (Å²) in [6.07, 6.45) is 1.26. The van der Waals surface area contributed by atoms with Crippen LogP contribution in [0.25, 0.3) is 0 Å². The molecule has 1 aliphatic carbocycles. The molecule has 3 rings (SSSR count). The Morgan fingerprint density at radius 3 is 2.95 bits per heavy atom. The van der Waals surface area contributed by atoms with Crippen LogP contribution in [0.2, 0.25) is 5.02 Å². The number of nitrogens with two attached hydrogens (primary N) is 1. The summed E-state index contributed by atoms with van der Waals surface area (Å²) in [5.74, 6) is -0.162. The third-order valence-electron chi connectivity index (χ3n) is 3.62. The zero-order valence-electron chi connectivity index (χ0n) is 11.1. The summed E-state index contributed by atoms with van der Waals surface area (Å²) in [7, 11) is 0. The van der Waals surface area contributed by atoms with Gasteiger partial charge in [-0.25, -0.2) is 4.98 Å². The second-order valence-corrected chi connectivity index (χ2v) is 5.42. The van der Waals surface area contributed by atoms with Crippen molar-refractivity contribution in [3.05, 3.63) is 58.2 Å². The highest BCUT2D eigenvalue weighted by molar-refractivity contribution is 6.33. The molecule has 5 nitrogen and oxygen atoms in total. The lowest BCUT2D eigenvalue weighted by Crippen LogP contribution is -2.33. The standard InChI is InChI=1S/C15H14ClN3O2/c16-11-5-9(7-18-14(11)17)15(21)19-13-10-4-2-1-3-8(10)6-12(13)20/h1-5,7,12-13,20H,6H2,(H2,17,18)(H,19,21)/t12-,13+/m0/s1. The molecule has 0 saturated heterocycles. The maximum absolute atomic E-state index is 12.3. The van der Waals surface area contributed by atoms with Gasteiger partial charge in [-0.2, -0.15) is 0 Å². The van der Waals surface area contributed by atoms with Crippen LogP contribution in [0.4, 0.5) is 5.82 Å². The number of hydrogen-bond donors (Lipinski definition) is 3. The molecule has 0 spiro atoms. The topological polar surface area (TPSA) is 88.2 Å². The number of benzene rings is 1. The Morgan fingerprint density at radius 1 is 1.43 bits per heavy atom. The number of hydrogen-bond acceptors (Lipinski definition) is 4. The average molecular weight is 304 g/mol. The lowest BCUT2D eigenvalue weighted by molar-refractivity contribution is 0.0858. The molecule has 0 radical (unpaired) electrons. The minimum absolute atomic E-state index is 0.180. The van der Waals surface area contributed by atoms with Gasteiger partial charge >= 0.3 is 0 Å². The summed E-state index contributed by atoms with van der Waals surface area (Å²) in [4.78, 5) is 16.1. The second kappa shape index (κ2) is 5.35. The third kappa shape index (κ3) is 2.57. The predicted octanol–water partition coefficient (Wildman–Crippen LogP) is 1.71. The van der Waals surface area contributed by atoms with Gasteiger partial charge < -0.3 is 16.2 Å². The smallest absolute Gasteiger partial charge is 0.253 e. The van der Waals surface area contributed by atoms with Crippen molar-refractivity contribution in [1.82, 2.24) is 10.3 Å². The Bertz CT molecular complexity index is 705. The maximum atomic E-state index is 12.3. The number of carbonyl (C=O) groups is 1. The van der Waals surface area contributed by atoms with Crippen molar-refractivity contribution < 1.29 is 9.90 Å². The number of halogens is 1. The van der Waals surface area contributed by atoms with E-state index in [1.54, 1.807) is 0 Å². The Kier molecular flexibility index (Phi) is 3.53. The highest BCUT2D eigenvalue weighted by Crippen LogP contribution is 2.31. The predicted molar refractivity (Wildman–Crippen MR) is 80.0 cm³/mol. The van der Waals surface area contributed by atoms with E-state index in [0.29, 0.717) is 12.0 Å². The first-order valence-corrected chi connectivity index (χ1v) is 6.92. The van der Waals surface area contributed by atoms with E-state index >= 15 is 0 Å². The summed E-state index contributed by atoms with van der Waals surface area (Å²) in [5, 5.41) is 13.2. The van der Waals surface area contributed by atoms with Crippen LogP contribution in [-0.4, -0.2) is 22.1 Å². The van der Waals surface area contributed by atoms with Crippen molar-refractivity contribution in [2.75, 3.05) is 5.73 Å². The van der Waals surface area contributed by atoms with Crippen molar-refractivity contribution in [3.63, 3.8) is 0 Å². The summed E-state index contributed by atoms with van der Waals surface area (Å²) in [5.41, 5.74) is 7.82. The first-order valence-electron chi connectivity index (χ1n) is 6.54. The number of aliphatic hydroxyl groups excluding tert-OH is 1. The van der Waals surface area contributed by atoms with Crippen LogP contribution >= 0.6 is 11.6 Å². The molecule has 0 aliphatic heterocycles. The van der Waals surface area contributed by atoms with Gasteiger partial charge in [0.15, 0.2) is 0 Å². The van der Waals surface area contributed by atoms with Crippen LogP contribution in [0, 0.1) is 0 Å². The fourth-order valence-corrected chi connectivity index (χ4v) is 2.71. The normalized spacial score (nSPS) is 20.1. The van der Waals surface area contributed by atoms with Crippen molar-refractivity contribution in [2.45, 2.75) is 18.6 Å². The molecule has 1 amide bonds. The highest BCUT2D eigenvalue weighted by atomic mass is 35.5. The number of fused-ring (bicyclic) bond motifs is 1. The number of nitrogens with one attached hydrogen (secondary N) is 1. The molecular weight excluding hydrogens is 290 g/mol. The lowest BCUT2D eigenvalue weighted by atomic mass is 10.1. The molecule has 1 heterocycles. The first kappa shape index (κ1) is 13.9. The van der Waals surface area contributed by atoms with Crippen LogP contribution in [0.5, 0.6) is 0 Å². The fourth-order valence-electron chi connectivity index (χ4n) is 2.55. The lowest BCUT2D eigenvalue weighted by Gasteiger charge is -2.18. The molecule has 0 bridgehead atoms. The van der Waals surface area contributed by atoms with E-state index in [1.165, 1.54) is 12.3 Å². The minimum Gasteiger partial charge on any atom is -0.390 e. The third-order valence-corrected chi connectivity index (χ3v) is 3.93. The van der Waals surface area contributed by atoms with Gasteiger partial charge in [-0.05, 0) is 17.2 Å². The van der Waals surface area contributed by atoms with Gasteiger partial charge in [0.05, 0.1) is 22.7 Å². The molecule has 2 atom stereocenters. The highest BCUT2D eigenvalue weighted by Gasteiger charge is 2.32. The molecule has 1 aliphatic rings. The van der Waals surface area contributed by atoms with Crippen LogP contribution in [0.15, 0.2) is 36.5 Å². The molecular formula is C15H14ClN3O2. The molecule has 1 aromatic carbocycles. The largest absolute Gasteiger partial charge is 0.390 e. The number of rotatable bonds is 2. The van der Waals surface area contributed by atoms with Crippen molar-refractivity contribution in [1.29, 1.82) is 0 Å². The second-order valence-electron chi connectivity index (χ2n) is 5.01. The van der Waals surface area contributed by atoms with Crippen LogP contribution in [0.1, 0.15) is 27.5 Å². The van der Waals surface area contributed by atoms with Crippen LogP contribution in [0.3, 0.4) is 0 Å². The van der Waals surface area contributed by atoms with Crippen molar-refractivity contribution >= 4 is 23.3 Å². The molecule has 108 valence electrons. The van der Waals surface area contributed by atoms with E-state index in [4.69, 9.17) is 17.3 Å². The minimum atomic E-state index is -0.636. The number of anilines is 1. The number of carbonyl (C=O) groups excluding carboxylic acids is 1. The van der Waals surface area contributed by atoms with Crippen molar-refractivity contribution in [3.8, 4) is 0 Å². The van der Waals surface area contributed by atoms with E-state index in [1.807, 2.05) is 24.3 Å². The van der Waals surface area contributed by atoms with Gasteiger partial charge in [0.25, 0.3) is 5.91 Å². The number of nitrogen functional groups attached to an aromatic ring is 1. The molecule has 0 unspecified atom stereocenters. The monoisotopic (exact) mass is 303 g/mol. The maximum Gasteiger partial charge on any atom is 0.253 e. The number of pyridine rings is 1. The average Bonchev–Trinajstić information content (AvgIpc) is 2.78. The molecule has 1 aromatic heterocycles. The summed E-state index contributed by atoms with van der Waals surface area (Å²) < 4.78 is 0. The SMILES string of the molecule is Nc1ncc(C(=O)N[C@@H]2c3ccccc3C[C@@H]2O)cc1Cl. The molecule has 0 saturated carbocycles. The molecule has 0 fully saturated rings. The fraction of sp³-hybridized carbons (Fsp3) is 0.200. The van der Waals surface area contributed by atoms with Crippen LogP contribution in [-0.2, 0) is 6.42 Å². The van der Waals surface area contributed by atoms with E-state index in [0.717, 1.165) is 11.1 Å². The zero-order valence-corrected chi connectivity index (χ0v) is 11.8. The molecule has 21 heavy (non-hydrogen) atoms. The Morgan fingerprint density at radius 2 is 2.19 bits per heavy atom. The molecule has 6 heteroatoms. The zero-order chi connectivity index (χ0) is 15.0. The summed E-state index contributed by atoms with van der Waals surface area (Å²) >= 11 is 5.87. The first-order chi connectivity index (χ1) is 10.1. The Labute approximate surface area is 126 Å². The van der Waals surface area contributed by atoms with Gasteiger partial charge in [0, 0.05) is 12.6 Å². The van der Waals surface area contributed by atoms with Gasteiger partial charge in [-0.1, -0.05) is 35.9 Å². The Hall–Kier alpha value is -2.11. The van der Waals surface area contributed by atoms with Gasteiger partial charge in [0.1, 0.15) is 5.82 Å². The number of amides is 1. The Balaban J connectivity index is 1.83. The number of nitrogens with zero attached hydrogens (tertiary/aromatic N) is 1. The summed E-state index contributed by atoms with van der Waals surface area (Å²) in [6.45, 7) is 0. The number of aromatic nitrogens is 1. The van der Waals surface area contributed by atoms with Gasteiger partial charge in [0.2, 0.25) is 0 Å². The van der Waals surface area contributed by atoms with Gasteiger partial charge in [-0.3, -0.25) is 4.79 Å².